The molecule has 4 heteroatoms. The lowest BCUT2D eigenvalue weighted by Crippen LogP contribution is -2.21. The van der Waals surface area contributed by atoms with E-state index in [-0.39, 0.29) is 12.0 Å². The van der Waals surface area contributed by atoms with Crippen LogP contribution >= 0.6 is 15.9 Å². The molecule has 2 unspecified atom stereocenters. The number of hydrogen-bond acceptors (Lipinski definition) is 3. The molecule has 4 rings (SSSR count). The van der Waals surface area contributed by atoms with Crippen LogP contribution in [-0.2, 0) is 0 Å². The Morgan fingerprint density at radius 1 is 0.885 bits per heavy atom. The van der Waals surface area contributed by atoms with Crippen LogP contribution < -0.4 is 10.7 Å². The quantitative estimate of drug-likeness (QED) is 0.615. The van der Waals surface area contributed by atoms with Crippen LogP contribution in [0.1, 0.15) is 28.7 Å². The molecule has 0 fully saturated rings. The molecule has 0 amide bonds. The molecule has 130 valence electrons. The van der Waals surface area contributed by atoms with Gasteiger partial charge in [0.05, 0.1) is 17.7 Å². The van der Waals surface area contributed by atoms with Crippen molar-refractivity contribution in [1.82, 2.24) is 5.43 Å². The third-order valence-corrected chi connectivity index (χ3v) is 5.34. The fourth-order valence-corrected chi connectivity index (χ4v) is 3.82. The first-order valence-electron chi connectivity index (χ1n) is 8.68. The van der Waals surface area contributed by atoms with E-state index in [0.29, 0.717) is 0 Å². The van der Waals surface area contributed by atoms with E-state index in [1.165, 1.54) is 11.1 Å². The number of nitrogens with one attached hydrogen (secondary N) is 2. The SMILES string of the molecule is CNc1ccccc1C1C(c2ccc(Br)cc2)=NNC1c1ccccc1. The molecule has 1 heterocycles. The summed E-state index contributed by atoms with van der Waals surface area (Å²) in [7, 11) is 1.97. The fraction of sp³-hybridized carbons (Fsp3) is 0.136. The summed E-state index contributed by atoms with van der Waals surface area (Å²) in [6, 6.07) is 27.5. The van der Waals surface area contributed by atoms with E-state index in [9.17, 15) is 0 Å². The Morgan fingerprint density at radius 2 is 1.58 bits per heavy atom. The first kappa shape index (κ1) is 16.9. The van der Waals surface area contributed by atoms with Crippen molar-refractivity contribution in [3.63, 3.8) is 0 Å². The summed E-state index contributed by atoms with van der Waals surface area (Å²) in [5, 5.41) is 8.09. The summed E-state index contributed by atoms with van der Waals surface area (Å²) in [4.78, 5) is 0. The predicted molar refractivity (Wildman–Crippen MR) is 112 cm³/mol. The number of hydrogen-bond donors (Lipinski definition) is 2. The topological polar surface area (TPSA) is 36.4 Å². The molecular weight excluding hydrogens is 386 g/mol. The fourth-order valence-electron chi connectivity index (χ4n) is 3.56. The van der Waals surface area contributed by atoms with Crippen molar-refractivity contribution < 1.29 is 0 Å². The van der Waals surface area contributed by atoms with E-state index in [2.05, 4.69) is 99.5 Å². The van der Waals surface area contributed by atoms with Gasteiger partial charge in [0.2, 0.25) is 0 Å². The van der Waals surface area contributed by atoms with Gasteiger partial charge in [-0.05, 0) is 34.9 Å². The number of benzene rings is 3. The van der Waals surface area contributed by atoms with Gasteiger partial charge in [0.1, 0.15) is 0 Å². The number of hydrazone groups is 1. The summed E-state index contributed by atoms with van der Waals surface area (Å²) >= 11 is 3.52. The first-order valence-corrected chi connectivity index (χ1v) is 9.48. The van der Waals surface area contributed by atoms with Crippen molar-refractivity contribution in [3.05, 3.63) is 100 Å². The number of para-hydroxylation sites is 1. The van der Waals surface area contributed by atoms with Gasteiger partial charge in [-0.1, -0.05) is 76.6 Å². The molecule has 1 aliphatic rings. The Morgan fingerprint density at radius 3 is 2.31 bits per heavy atom. The Kier molecular flexibility index (Phi) is 4.76. The first-order chi connectivity index (χ1) is 12.8. The maximum atomic E-state index is 4.75. The van der Waals surface area contributed by atoms with Gasteiger partial charge < -0.3 is 10.7 Å². The van der Waals surface area contributed by atoms with Crippen molar-refractivity contribution >= 4 is 27.3 Å². The molecule has 0 aromatic heterocycles. The number of rotatable bonds is 4. The van der Waals surface area contributed by atoms with Crippen LogP contribution in [0.4, 0.5) is 5.69 Å². The Hall–Kier alpha value is -2.59. The largest absolute Gasteiger partial charge is 0.388 e. The minimum absolute atomic E-state index is 0.101. The van der Waals surface area contributed by atoms with E-state index >= 15 is 0 Å². The highest BCUT2D eigenvalue weighted by molar-refractivity contribution is 9.10. The summed E-state index contributed by atoms with van der Waals surface area (Å²) in [5.74, 6) is 0.127. The third kappa shape index (κ3) is 3.13. The summed E-state index contributed by atoms with van der Waals surface area (Å²) in [5.41, 5.74) is 9.20. The second-order valence-corrected chi connectivity index (χ2v) is 7.25. The predicted octanol–water partition coefficient (Wildman–Crippen LogP) is 5.32. The van der Waals surface area contributed by atoms with Gasteiger partial charge in [0.25, 0.3) is 0 Å². The average Bonchev–Trinajstić information content (AvgIpc) is 3.14. The van der Waals surface area contributed by atoms with Crippen LogP contribution in [0.25, 0.3) is 0 Å². The molecule has 0 spiro atoms. The molecule has 0 aliphatic carbocycles. The lowest BCUT2D eigenvalue weighted by Gasteiger charge is -2.24. The number of nitrogens with zero attached hydrogens (tertiary/aromatic N) is 1. The minimum atomic E-state index is 0.101. The standard InChI is InChI=1S/C22H20BrN3/c1-24-19-10-6-5-9-18(19)20-21(15-7-3-2-4-8-15)25-26-22(20)16-11-13-17(23)14-12-16/h2-14,20-21,24-25H,1H3. The molecule has 2 atom stereocenters. The van der Waals surface area contributed by atoms with Crippen LogP contribution in [0.3, 0.4) is 0 Å². The molecule has 0 bridgehead atoms. The lowest BCUT2D eigenvalue weighted by molar-refractivity contribution is 0.574. The molecule has 1 aliphatic heterocycles. The zero-order valence-corrected chi connectivity index (χ0v) is 16.1. The van der Waals surface area contributed by atoms with Crippen LogP contribution in [-0.4, -0.2) is 12.8 Å². The van der Waals surface area contributed by atoms with Crippen LogP contribution in [0.15, 0.2) is 88.4 Å². The van der Waals surface area contributed by atoms with Gasteiger partial charge in [-0.2, -0.15) is 5.10 Å². The second kappa shape index (κ2) is 7.34. The van der Waals surface area contributed by atoms with Crippen molar-refractivity contribution in [1.29, 1.82) is 0 Å². The summed E-state index contributed by atoms with van der Waals surface area (Å²) in [6.45, 7) is 0. The molecule has 3 aromatic rings. The van der Waals surface area contributed by atoms with Crippen molar-refractivity contribution in [2.75, 3.05) is 12.4 Å². The van der Waals surface area contributed by atoms with Gasteiger partial charge in [-0.3, -0.25) is 0 Å². The van der Waals surface area contributed by atoms with Crippen LogP contribution in [0.2, 0.25) is 0 Å². The molecule has 3 aromatic carbocycles. The highest BCUT2D eigenvalue weighted by Gasteiger charge is 2.36. The molecule has 3 nitrogen and oxygen atoms in total. The van der Waals surface area contributed by atoms with Gasteiger partial charge in [0, 0.05) is 17.2 Å². The number of anilines is 1. The molecule has 26 heavy (non-hydrogen) atoms. The number of halogens is 1. The zero-order chi connectivity index (χ0) is 17.9. The lowest BCUT2D eigenvalue weighted by atomic mass is 9.81. The maximum Gasteiger partial charge on any atom is 0.0815 e. The van der Waals surface area contributed by atoms with Gasteiger partial charge in [-0.15, -0.1) is 0 Å². The third-order valence-electron chi connectivity index (χ3n) is 4.82. The molecule has 0 radical (unpaired) electrons. The van der Waals surface area contributed by atoms with E-state index in [1.807, 2.05) is 13.1 Å². The van der Waals surface area contributed by atoms with Gasteiger partial charge in [-0.25, -0.2) is 0 Å². The highest BCUT2D eigenvalue weighted by Crippen LogP contribution is 2.41. The van der Waals surface area contributed by atoms with E-state index in [4.69, 9.17) is 5.10 Å². The molecular formula is C22H20BrN3. The summed E-state index contributed by atoms with van der Waals surface area (Å²) < 4.78 is 1.07. The molecule has 0 saturated heterocycles. The smallest absolute Gasteiger partial charge is 0.0815 e. The maximum absolute atomic E-state index is 4.75. The van der Waals surface area contributed by atoms with Crippen LogP contribution in [0.5, 0.6) is 0 Å². The van der Waals surface area contributed by atoms with E-state index < -0.39 is 0 Å². The van der Waals surface area contributed by atoms with Gasteiger partial charge >= 0.3 is 0 Å². The van der Waals surface area contributed by atoms with Gasteiger partial charge in [0.15, 0.2) is 0 Å². The monoisotopic (exact) mass is 405 g/mol. The normalized spacial score (nSPS) is 18.9. The van der Waals surface area contributed by atoms with Crippen molar-refractivity contribution in [2.24, 2.45) is 5.10 Å². The summed E-state index contributed by atoms with van der Waals surface area (Å²) in [6.07, 6.45) is 0. The molecule has 2 N–H and O–H groups in total. The Labute approximate surface area is 162 Å². The minimum Gasteiger partial charge on any atom is -0.388 e. The highest BCUT2D eigenvalue weighted by atomic mass is 79.9. The Balaban J connectivity index is 1.82. The van der Waals surface area contributed by atoms with Crippen LogP contribution in [0, 0.1) is 0 Å². The Bertz CT molecular complexity index is 920. The zero-order valence-electron chi connectivity index (χ0n) is 14.5. The molecule has 0 saturated carbocycles. The second-order valence-electron chi connectivity index (χ2n) is 6.34. The van der Waals surface area contributed by atoms with Crippen molar-refractivity contribution in [3.8, 4) is 0 Å². The average molecular weight is 406 g/mol. The van der Waals surface area contributed by atoms with Crippen molar-refractivity contribution in [2.45, 2.75) is 12.0 Å². The van der Waals surface area contributed by atoms with E-state index in [1.54, 1.807) is 0 Å². The van der Waals surface area contributed by atoms with E-state index in [0.717, 1.165) is 21.4 Å².